The Balaban J connectivity index is 2.18. The zero-order valence-electron chi connectivity index (χ0n) is 9.89. The molecule has 0 bridgehead atoms. The Morgan fingerprint density at radius 2 is 2.20 bits per heavy atom. The number of carbonyl (C=O) groups is 1. The number of nitrogens with one attached hydrogen (secondary N) is 1. The van der Waals surface area contributed by atoms with E-state index in [9.17, 15) is 4.79 Å². The van der Waals surface area contributed by atoms with Crippen molar-refractivity contribution in [3.05, 3.63) is 45.5 Å². The average molecular weight is 353 g/mol. The van der Waals surface area contributed by atoms with Gasteiger partial charge in [-0.25, -0.2) is 14.8 Å². The van der Waals surface area contributed by atoms with Gasteiger partial charge in [-0.15, -0.1) is 0 Å². The second-order valence-electron chi connectivity index (χ2n) is 4.09. The van der Waals surface area contributed by atoms with Gasteiger partial charge in [0.2, 0.25) is 0 Å². The third kappa shape index (κ3) is 2.17. The van der Waals surface area contributed by atoms with Gasteiger partial charge in [-0.1, -0.05) is 17.7 Å². The number of aromatic amines is 1. The van der Waals surface area contributed by atoms with Crippen LogP contribution in [0, 0.1) is 0 Å². The molecule has 100 valence electrons. The van der Waals surface area contributed by atoms with E-state index in [1.807, 2.05) is 18.2 Å². The highest BCUT2D eigenvalue weighted by atomic mass is 79.9. The lowest BCUT2D eigenvalue weighted by atomic mass is 10.2. The van der Waals surface area contributed by atoms with Crippen LogP contribution in [0.3, 0.4) is 0 Å². The summed E-state index contributed by atoms with van der Waals surface area (Å²) in [5.41, 5.74) is 1.82. The number of carboxylic acid groups (broad SMARTS) is 1. The molecule has 3 aromatic rings. The first kappa shape index (κ1) is 13.1. The van der Waals surface area contributed by atoms with Crippen LogP contribution < -0.4 is 0 Å². The highest BCUT2D eigenvalue weighted by Gasteiger charge is 2.13. The molecule has 0 atom stereocenters. The van der Waals surface area contributed by atoms with E-state index in [4.69, 9.17) is 16.7 Å². The molecule has 2 aromatic heterocycles. The molecule has 3 rings (SSSR count). The summed E-state index contributed by atoms with van der Waals surface area (Å²) in [5, 5.41) is 9.48. The number of hydrogen-bond acceptors (Lipinski definition) is 3. The summed E-state index contributed by atoms with van der Waals surface area (Å²) in [7, 11) is 0. The number of carboxylic acids is 1. The molecule has 2 heterocycles. The normalized spacial score (nSPS) is 10.9. The van der Waals surface area contributed by atoms with Crippen molar-refractivity contribution in [1.82, 2.24) is 15.0 Å². The van der Waals surface area contributed by atoms with E-state index in [0.717, 1.165) is 10.0 Å². The van der Waals surface area contributed by atoms with Gasteiger partial charge in [-0.3, -0.25) is 0 Å². The smallest absolute Gasteiger partial charge is 0.337 e. The second kappa shape index (κ2) is 4.88. The fourth-order valence-electron chi connectivity index (χ4n) is 1.83. The topological polar surface area (TPSA) is 78.9 Å². The maximum Gasteiger partial charge on any atom is 0.337 e. The maximum atomic E-state index is 10.9. The van der Waals surface area contributed by atoms with Crippen LogP contribution in [0.1, 0.15) is 10.4 Å². The lowest BCUT2D eigenvalue weighted by molar-refractivity contribution is 0.0696. The summed E-state index contributed by atoms with van der Waals surface area (Å²) >= 11 is 9.57. The molecule has 0 radical (unpaired) electrons. The molecular formula is C13H7BrClN3O2. The van der Waals surface area contributed by atoms with Crippen LogP contribution in [0.2, 0.25) is 5.02 Å². The first-order valence-electron chi connectivity index (χ1n) is 5.59. The SMILES string of the molecule is O=C(O)c1cnc2nc(-c3cccc(Br)c3Cl)[nH]c2c1. The number of halogens is 2. The maximum absolute atomic E-state index is 10.9. The van der Waals surface area contributed by atoms with Crippen molar-refractivity contribution in [1.29, 1.82) is 0 Å². The number of rotatable bonds is 2. The fourth-order valence-corrected chi connectivity index (χ4v) is 2.41. The van der Waals surface area contributed by atoms with E-state index in [1.54, 1.807) is 0 Å². The molecule has 0 aliphatic rings. The Hall–Kier alpha value is -1.92. The Kier molecular flexibility index (Phi) is 3.19. The van der Waals surface area contributed by atoms with Crippen molar-refractivity contribution in [3.8, 4) is 11.4 Å². The predicted octanol–water partition coefficient (Wildman–Crippen LogP) is 3.74. The van der Waals surface area contributed by atoms with Crippen molar-refractivity contribution in [3.63, 3.8) is 0 Å². The van der Waals surface area contributed by atoms with E-state index in [2.05, 4.69) is 30.9 Å². The summed E-state index contributed by atoms with van der Waals surface area (Å²) in [6.45, 7) is 0. The summed E-state index contributed by atoms with van der Waals surface area (Å²) in [6, 6.07) is 6.99. The van der Waals surface area contributed by atoms with E-state index < -0.39 is 5.97 Å². The molecule has 0 fully saturated rings. The molecule has 0 amide bonds. The largest absolute Gasteiger partial charge is 0.478 e. The molecular weight excluding hydrogens is 346 g/mol. The van der Waals surface area contributed by atoms with Gasteiger partial charge in [0.15, 0.2) is 5.65 Å². The minimum absolute atomic E-state index is 0.105. The summed E-state index contributed by atoms with van der Waals surface area (Å²) < 4.78 is 0.760. The summed E-state index contributed by atoms with van der Waals surface area (Å²) in [5.74, 6) is -0.489. The van der Waals surface area contributed by atoms with Crippen molar-refractivity contribution < 1.29 is 9.90 Å². The van der Waals surface area contributed by atoms with Gasteiger partial charge in [-0.05, 0) is 34.1 Å². The zero-order valence-corrected chi connectivity index (χ0v) is 12.2. The first-order chi connectivity index (χ1) is 9.56. The molecule has 2 N–H and O–H groups in total. The van der Waals surface area contributed by atoms with Crippen LogP contribution in [-0.2, 0) is 0 Å². The molecule has 0 unspecified atom stereocenters. The number of hydrogen-bond donors (Lipinski definition) is 2. The lowest BCUT2D eigenvalue weighted by Gasteiger charge is -2.01. The molecule has 7 heteroatoms. The Morgan fingerprint density at radius 3 is 2.95 bits per heavy atom. The number of aromatic carboxylic acids is 1. The number of H-pyrrole nitrogens is 1. The first-order valence-corrected chi connectivity index (χ1v) is 6.77. The molecule has 0 aliphatic heterocycles. The Bertz CT molecular complexity index is 832. The molecule has 0 saturated carbocycles. The van der Waals surface area contributed by atoms with Crippen LogP contribution in [0.25, 0.3) is 22.6 Å². The van der Waals surface area contributed by atoms with E-state index in [0.29, 0.717) is 22.0 Å². The Labute approximate surface area is 126 Å². The molecule has 0 saturated heterocycles. The van der Waals surface area contributed by atoms with E-state index in [-0.39, 0.29) is 5.56 Å². The van der Waals surface area contributed by atoms with Gasteiger partial charge in [0, 0.05) is 16.2 Å². The highest BCUT2D eigenvalue weighted by Crippen LogP contribution is 2.32. The fraction of sp³-hybridized carbons (Fsp3) is 0. The van der Waals surface area contributed by atoms with Crippen molar-refractivity contribution in [2.45, 2.75) is 0 Å². The molecule has 1 aromatic carbocycles. The van der Waals surface area contributed by atoms with Gasteiger partial charge in [0.1, 0.15) is 5.82 Å². The number of benzene rings is 1. The molecule has 20 heavy (non-hydrogen) atoms. The number of aromatic nitrogens is 3. The lowest BCUT2D eigenvalue weighted by Crippen LogP contribution is -1.96. The predicted molar refractivity (Wildman–Crippen MR) is 79.0 cm³/mol. The van der Waals surface area contributed by atoms with E-state index >= 15 is 0 Å². The molecule has 0 aliphatic carbocycles. The number of fused-ring (bicyclic) bond motifs is 1. The second-order valence-corrected chi connectivity index (χ2v) is 5.32. The van der Waals surface area contributed by atoms with Crippen LogP contribution in [-0.4, -0.2) is 26.0 Å². The summed E-state index contributed by atoms with van der Waals surface area (Å²) in [6.07, 6.45) is 1.28. The number of nitrogens with zero attached hydrogens (tertiary/aromatic N) is 2. The quantitative estimate of drug-likeness (QED) is 0.736. The van der Waals surface area contributed by atoms with Gasteiger partial charge in [0.05, 0.1) is 16.1 Å². The van der Waals surface area contributed by atoms with Gasteiger partial charge >= 0.3 is 5.97 Å². The highest BCUT2D eigenvalue weighted by molar-refractivity contribution is 9.10. The van der Waals surface area contributed by atoms with Crippen LogP contribution in [0.5, 0.6) is 0 Å². The number of imidazole rings is 1. The van der Waals surface area contributed by atoms with Crippen LogP contribution in [0.15, 0.2) is 34.9 Å². The standard InChI is InChI=1S/C13H7BrClN3O2/c14-8-3-1-2-7(10(8)15)11-17-9-4-6(13(19)20)5-16-12(9)18-11/h1-5H,(H,19,20)(H,16,17,18). The minimum Gasteiger partial charge on any atom is -0.478 e. The van der Waals surface area contributed by atoms with Crippen molar-refractivity contribution >= 4 is 44.7 Å². The monoisotopic (exact) mass is 351 g/mol. The average Bonchev–Trinajstić information content (AvgIpc) is 2.84. The van der Waals surface area contributed by atoms with Gasteiger partial charge in [0.25, 0.3) is 0 Å². The minimum atomic E-state index is -1.03. The van der Waals surface area contributed by atoms with E-state index in [1.165, 1.54) is 12.3 Å². The zero-order chi connectivity index (χ0) is 14.3. The molecule has 0 spiro atoms. The Morgan fingerprint density at radius 1 is 1.40 bits per heavy atom. The van der Waals surface area contributed by atoms with Crippen molar-refractivity contribution in [2.75, 3.05) is 0 Å². The van der Waals surface area contributed by atoms with Crippen LogP contribution >= 0.6 is 27.5 Å². The van der Waals surface area contributed by atoms with Gasteiger partial charge < -0.3 is 10.1 Å². The van der Waals surface area contributed by atoms with Crippen LogP contribution in [0.4, 0.5) is 0 Å². The number of pyridine rings is 1. The summed E-state index contributed by atoms with van der Waals surface area (Å²) in [4.78, 5) is 22.3. The molecule has 5 nitrogen and oxygen atoms in total. The third-order valence-electron chi connectivity index (χ3n) is 2.79. The van der Waals surface area contributed by atoms with Gasteiger partial charge in [-0.2, -0.15) is 0 Å². The third-order valence-corrected chi connectivity index (χ3v) is 4.09. The van der Waals surface area contributed by atoms with Crippen molar-refractivity contribution in [2.24, 2.45) is 0 Å².